The van der Waals surface area contributed by atoms with Crippen LogP contribution in [0.3, 0.4) is 0 Å². The van der Waals surface area contributed by atoms with Gasteiger partial charge in [0.1, 0.15) is 0 Å². The van der Waals surface area contributed by atoms with Gasteiger partial charge in [-0.15, -0.1) is 0 Å². The zero-order valence-corrected chi connectivity index (χ0v) is 14.7. The van der Waals surface area contributed by atoms with Crippen LogP contribution in [-0.2, 0) is 4.79 Å². The van der Waals surface area contributed by atoms with Gasteiger partial charge in [0.05, 0.1) is 16.7 Å². The summed E-state index contributed by atoms with van der Waals surface area (Å²) in [5, 5.41) is 17.2. The van der Waals surface area contributed by atoms with Crippen molar-refractivity contribution in [2.45, 2.75) is 19.9 Å². The minimum absolute atomic E-state index is 0.0836. The normalized spacial score (nSPS) is 16.3. The number of aryl methyl sites for hydroxylation is 1. The van der Waals surface area contributed by atoms with Crippen LogP contribution in [0.15, 0.2) is 34.9 Å². The lowest BCUT2D eigenvalue weighted by Crippen LogP contribution is -2.52. The van der Waals surface area contributed by atoms with Gasteiger partial charge in [0.25, 0.3) is 5.69 Å². The van der Waals surface area contributed by atoms with Gasteiger partial charge in [0.2, 0.25) is 11.8 Å². The van der Waals surface area contributed by atoms with Crippen molar-refractivity contribution in [1.29, 1.82) is 0 Å². The average Bonchev–Trinajstić information content (AvgIpc) is 3.06. The van der Waals surface area contributed by atoms with Gasteiger partial charge in [0.15, 0.2) is 0 Å². The minimum atomic E-state index is -0.405. The summed E-state index contributed by atoms with van der Waals surface area (Å²) in [6.07, 6.45) is 0. The van der Waals surface area contributed by atoms with Gasteiger partial charge < -0.3 is 9.42 Å². The smallest absolute Gasteiger partial charge is 0.269 e. The Balaban J connectivity index is 1.54. The third-order valence-corrected chi connectivity index (χ3v) is 4.54. The van der Waals surface area contributed by atoms with Crippen LogP contribution < -0.4 is 10.2 Å². The summed E-state index contributed by atoms with van der Waals surface area (Å²) in [6.45, 7) is 6.59. The monoisotopic (exact) mass is 359 g/mol. The second kappa shape index (κ2) is 7.52. The lowest BCUT2D eigenvalue weighted by molar-refractivity contribution is -0.384. The molecule has 0 radical (unpaired) electrons. The first-order valence-corrected chi connectivity index (χ1v) is 8.41. The fraction of sp³-hybridized carbons (Fsp3) is 0.412. The molecule has 0 spiro atoms. The van der Waals surface area contributed by atoms with Gasteiger partial charge in [0, 0.05) is 50.1 Å². The summed E-state index contributed by atoms with van der Waals surface area (Å²) in [4.78, 5) is 26.9. The largest absolute Gasteiger partial charge is 0.369 e. The predicted molar refractivity (Wildman–Crippen MR) is 96.2 cm³/mol. The van der Waals surface area contributed by atoms with Crippen molar-refractivity contribution in [1.82, 2.24) is 10.1 Å². The molecule has 9 nitrogen and oxygen atoms in total. The van der Waals surface area contributed by atoms with Crippen LogP contribution >= 0.6 is 0 Å². The van der Waals surface area contributed by atoms with E-state index < -0.39 is 4.92 Å². The number of hydrogen-bond acceptors (Lipinski definition) is 7. The third kappa shape index (κ3) is 3.99. The molecule has 1 unspecified atom stereocenters. The minimum Gasteiger partial charge on any atom is -0.369 e. The van der Waals surface area contributed by atoms with Crippen molar-refractivity contribution < 1.29 is 14.2 Å². The summed E-state index contributed by atoms with van der Waals surface area (Å²) in [6, 6.07) is 7.93. The second-order valence-corrected chi connectivity index (χ2v) is 6.29. The maximum atomic E-state index is 12.4. The van der Waals surface area contributed by atoms with Gasteiger partial charge >= 0.3 is 0 Å². The Kier molecular flexibility index (Phi) is 5.17. The number of benzene rings is 1. The number of non-ortho nitro benzene ring substituents is 1. The summed E-state index contributed by atoms with van der Waals surface area (Å²) in [5.74, 6) is 0.216. The zero-order chi connectivity index (χ0) is 18.7. The second-order valence-electron chi connectivity index (χ2n) is 6.29. The molecule has 1 aromatic carbocycles. The molecule has 3 rings (SSSR count). The lowest BCUT2D eigenvalue weighted by atomic mass is 10.2. The molecule has 1 N–H and O–H groups in total. The van der Waals surface area contributed by atoms with E-state index in [0.717, 1.165) is 31.9 Å². The number of amides is 1. The average molecular weight is 359 g/mol. The molecule has 1 aliphatic heterocycles. The van der Waals surface area contributed by atoms with Crippen molar-refractivity contribution in [2.24, 2.45) is 0 Å². The highest BCUT2D eigenvalue weighted by molar-refractivity contribution is 5.93. The molecule has 2 aromatic rings. The first-order chi connectivity index (χ1) is 12.4. The Hall–Kier alpha value is -2.94. The summed E-state index contributed by atoms with van der Waals surface area (Å²) in [5.41, 5.74) is 1.74. The number of carbonyl (C=O) groups excluding carboxylic acids is 1. The zero-order valence-electron chi connectivity index (χ0n) is 14.7. The number of hydrogen-bond donors (Lipinski definition) is 1. The fourth-order valence-corrected chi connectivity index (χ4v) is 2.97. The molecule has 1 saturated heterocycles. The fourth-order valence-electron chi connectivity index (χ4n) is 2.97. The van der Waals surface area contributed by atoms with Crippen LogP contribution in [-0.4, -0.2) is 53.1 Å². The molecular weight excluding hydrogens is 338 g/mol. The van der Waals surface area contributed by atoms with E-state index in [1.165, 1.54) is 12.1 Å². The number of nitrogens with one attached hydrogen (secondary N) is 1. The Morgan fingerprint density at radius 1 is 1.27 bits per heavy atom. The molecule has 0 aliphatic carbocycles. The highest BCUT2D eigenvalue weighted by Gasteiger charge is 2.26. The molecular formula is C17H21N5O4. The number of nitrogens with zero attached hydrogens (tertiary/aromatic N) is 4. The van der Waals surface area contributed by atoms with E-state index in [-0.39, 0.29) is 17.6 Å². The van der Waals surface area contributed by atoms with Gasteiger partial charge in [-0.25, -0.2) is 0 Å². The standard InChI is InChI=1S/C17H21N5O4/c1-12-11-16(26-19-12)18-17(23)13(2)20-7-9-21(10-8-20)14-3-5-15(6-4-14)22(24)25/h3-6,11,13H,7-10H2,1-2H3,(H,18,23). The van der Waals surface area contributed by atoms with Crippen LogP contribution in [0.1, 0.15) is 12.6 Å². The molecule has 1 aliphatic rings. The number of aromatic nitrogens is 1. The van der Waals surface area contributed by atoms with Crippen molar-refractivity contribution in [2.75, 3.05) is 36.4 Å². The summed E-state index contributed by atoms with van der Waals surface area (Å²) >= 11 is 0. The number of carbonyl (C=O) groups is 1. The van der Waals surface area contributed by atoms with E-state index in [1.54, 1.807) is 25.1 Å². The first-order valence-electron chi connectivity index (χ1n) is 8.41. The van der Waals surface area contributed by atoms with E-state index in [1.807, 2.05) is 6.92 Å². The van der Waals surface area contributed by atoms with Gasteiger partial charge in [-0.1, -0.05) is 5.16 Å². The molecule has 1 amide bonds. The first kappa shape index (κ1) is 17.9. The van der Waals surface area contributed by atoms with Crippen molar-refractivity contribution in [3.05, 3.63) is 46.1 Å². The van der Waals surface area contributed by atoms with Gasteiger partial charge in [-0.2, -0.15) is 0 Å². The quantitative estimate of drug-likeness (QED) is 0.643. The van der Waals surface area contributed by atoms with E-state index in [4.69, 9.17) is 4.52 Å². The molecule has 26 heavy (non-hydrogen) atoms. The number of anilines is 2. The molecule has 2 heterocycles. The maximum Gasteiger partial charge on any atom is 0.269 e. The molecule has 9 heteroatoms. The molecule has 138 valence electrons. The summed E-state index contributed by atoms with van der Waals surface area (Å²) in [7, 11) is 0. The Morgan fingerprint density at radius 2 is 1.92 bits per heavy atom. The van der Waals surface area contributed by atoms with Crippen LogP contribution in [0.5, 0.6) is 0 Å². The number of nitro benzene ring substituents is 1. The molecule has 1 atom stereocenters. The molecule has 0 saturated carbocycles. The molecule has 0 bridgehead atoms. The van der Waals surface area contributed by atoms with Crippen molar-refractivity contribution >= 4 is 23.2 Å². The Morgan fingerprint density at radius 3 is 2.46 bits per heavy atom. The van der Waals surface area contributed by atoms with Crippen molar-refractivity contribution in [3.8, 4) is 0 Å². The number of nitro groups is 1. The number of rotatable bonds is 5. The summed E-state index contributed by atoms with van der Waals surface area (Å²) < 4.78 is 5.02. The predicted octanol–water partition coefficient (Wildman–Crippen LogP) is 2.04. The van der Waals surface area contributed by atoms with Crippen LogP contribution in [0.4, 0.5) is 17.3 Å². The van der Waals surface area contributed by atoms with E-state index in [9.17, 15) is 14.9 Å². The molecule has 1 fully saturated rings. The van der Waals surface area contributed by atoms with Gasteiger partial charge in [-0.05, 0) is 26.0 Å². The highest BCUT2D eigenvalue weighted by atomic mass is 16.6. The van der Waals surface area contributed by atoms with E-state index in [0.29, 0.717) is 11.6 Å². The van der Waals surface area contributed by atoms with Crippen molar-refractivity contribution in [3.63, 3.8) is 0 Å². The Bertz CT molecular complexity index is 781. The van der Waals surface area contributed by atoms with E-state index in [2.05, 4.69) is 20.3 Å². The van der Waals surface area contributed by atoms with Crippen LogP contribution in [0.2, 0.25) is 0 Å². The SMILES string of the molecule is Cc1cc(NC(=O)C(C)N2CCN(c3ccc([N+](=O)[O-])cc3)CC2)on1. The number of piperazine rings is 1. The van der Waals surface area contributed by atoms with Crippen LogP contribution in [0, 0.1) is 17.0 Å². The molecule has 1 aromatic heterocycles. The van der Waals surface area contributed by atoms with Crippen LogP contribution in [0.25, 0.3) is 0 Å². The maximum absolute atomic E-state index is 12.4. The lowest BCUT2D eigenvalue weighted by Gasteiger charge is -2.38. The Labute approximate surface area is 150 Å². The third-order valence-electron chi connectivity index (χ3n) is 4.54. The highest BCUT2D eigenvalue weighted by Crippen LogP contribution is 2.21. The van der Waals surface area contributed by atoms with Gasteiger partial charge in [-0.3, -0.25) is 25.1 Å². The topological polar surface area (TPSA) is 105 Å². The van der Waals surface area contributed by atoms with E-state index >= 15 is 0 Å².